The first-order valence-electron chi connectivity index (χ1n) is 13.4. The second-order valence-electron chi connectivity index (χ2n) is 9.81. The van der Waals surface area contributed by atoms with Gasteiger partial charge in [0, 0.05) is 36.6 Å². The lowest BCUT2D eigenvalue weighted by molar-refractivity contribution is -0.122. The molecule has 212 valence electrons. The predicted octanol–water partition coefficient (Wildman–Crippen LogP) is 4.46. The molecule has 0 unspecified atom stereocenters. The summed E-state index contributed by atoms with van der Waals surface area (Å²) in [6.07, 6.45) is 3.06. The van der Waals surface area contributed by atoms with Gasteiger partial charge in [-0.3, -0.25) is 14.5 Å². The third-order valence-corrected chi connectivity index (χ3v) is 8.19. The first kappa shape index (κ1) is 29.6. The van der Waals surface area contributed by atoms with Gasteiger partial charge in [-0.2, -0.15) is 0 Å². The van der Waals surface area contributed by atoms with E-state index in [9.17, 15) is 18.0 Å². The second-order valence-corrected chi connectivity index (χ2v) is 11.9. The van der Waals surface area contributed by atoms with Gasteiger partial charge >= 0.3 is 0 Å². The number of nitrogens with one attached hydrogen (secondary N) is 2. The monoisotopic (exact) mass is 583 g/mol. The van der Waals surface area contributed by atoms with Gasteiger partial charge in [-0.05, 0) is 67.1 Å². The van der Waals surface area contributed by atoms with Crippen LogP contribution in [0, 0.1) is 0 Å². The molecule has 0 aromatic heterocycles. The molecule has 2 N–H and O–H groups in total. The number of sulfonamides is 1. The molecule has 0 atom stereocenters. The number of carbonyl (C=O) groups excluding carboxylic acids is 2. The van der Waals surface area contributed by atoms with Crippen molar-refractivity contribution in [2.75, 3.05) is 19.7 Å². The number of ether oxygens (including phenoxy) is 1. The summed E-state index contributed by atoms with van der Waals surface area (Å²) in [5, 5.41) is 3.42. The largest absolute Gasteiger partial charge is 0.493 e. The van der Waals surface area contributed by atoms with Gasteiger partial charge in [0.15, 0.2) is 0 Å². The van der Waals surface area contributed by atoms with E-state index in [2.05, 4.69) is 14.9 Å². The van der Waals surface area contributed by atoms with E-state index in [1.165, 1.54) is 24.3 Å². The van der Waals surface area contributed by atoms with Gasteiger partial charge < -0.3 is 10.1 Å². The van der Waals surface area contributed by atoms with E-state index < -0.39 is 15.9 Å². The number of aryl methyl sites for hydroxylation is 1. The molecule has 8 nitrogen and oxygen atoms in total. The molecule has 0 saturated carbocycles. The van der Waals surface area contributed by atoms with Gasteiger partial charge in [-0.15, -0.1) is 0 Å². The van der Waals surface area contributed by atoms with Gasteiger partial charge in [0.2, 0.25) is 11.8 Å². The molecule has 0 radical (unpaired) electrons. The molecule has 10 heteroatoms. The van der Waals surface area contributed by atoms with Crippen molar-refractivity contribution in [3.8, 4) is 5.75 Å². The summed E-state index contributed by atoms with van der Waals surface area (Å²) in [4.78, 5) is 27.3. The lowest BCUT2D eigenvalue weighted by atomic mass is 10.0. The van der Waals surface area contributed by atoms with E-state index in [1.54, 1.807) is 0 Å². The fraction of sp³-hybridized carbons (Fsp3) is 0.333. The van der Waals surface area contributed by atoms with Crippen molar-refractivity contribution in [1.29, 1.82) is 0 Å². The number of hydrogen-bond donors (Lipinski definition) is 2. The highest BCUT2D eigenvalue weighted by Crippen LogP contribution is 2.25. The highest BCUT2D eigenvalue weighted by Gasteiger charge is 2.19. The van der Waals surface area contributed by atoms with E-state index in [1.807, 2.05) is 48.5 Å². The zero-order valence-electron chi connectivity index (χ0n) is 22.3. The van der Waals surface area contributed by atoms with E-state index in [4.69, 9.17) is 16.3 Å². The van der Waals surface area contributed by atoms with E-state index in [-0.39, 0.29) is 23.8 Å². The van der Waals surface area contributed by atoms with Crippen molar-refractivity contribution in [3.63, 3.8) is 0 Å². The minimum atomic E-state index is -3.99. The number of halogens is 1. The van der Waals surface area contributed by atoms with Crippen molar-refractivity contribution in [2.45, 2.75) is 50.1 Å². The van der Waals surface area contributed by atoms with Crippen LogP contribution in [0.5, 0.6) is 5.75 Å². The van der Waals surface area contributed by atoms with Crippen LogP contribution in [-0.2, 0) is 39.1 Å². The van der Waals surface area contributed by atoms with Crippen molar-refractivity contribution in [3.05, 3.63) is 94.5 Å². The van der Waals surface area contributed by atoms with Crippen LogP contribution in [0.3, 0.4) is 0 Å². The summed E-state index contributed by atoms with van der Waals surface area (Å²) in [5.74, 6) is 0.126. The smallest absolute Gasteiger partial charge is 0.264 e. The Morgan fingerprint density at radius 3 is 2.50 bits per heavy atom. The number of fused-ring (bicyclic) bond motifs is 1. The summed E-state index contributed by atoms with van der Waals surface area (Å²) in [5.41, 5.74) is 2.88. The van der Waals surface area contributed by atoms with Crippen LogP contribution < -0.4 is 14.8 Å². The summed E-state index contributed by atoms with van der Waals surface area (Å²) in [6.45, 7) is 2.52. The first-order valence-corrected chi connectivity index (χ1v) is 15.2. The minimum Gasteiger partial charge on any atom is -0.493 e. The van der Waals surface area contributed by atoms with Crippen molar-refractivity contribution in [1.82, 2.24) is 14.9 Å². The summed E-state index contributed by atoms with van der Waals surface area (Å²) in [7, 11) is -3.99. The predicted molar refractivity (Wildman–Crippen MR) is 154 cm³/mol. The molecule has 40 heavy (non-hydrogen) atoms. The van der Waals surface area contributed by atoms with Crippen molar-refractivity contribution < 1.29 is 22.7 Å². The average molecular weight is 584 g/mol. The molecule has 0 saturated heterocycles. The Balaban J connectivity index is 1.48. The third kappa shape index (κ3) is 9.08. The molecule has 1 heterocycles. The molecular weight excluding hydrogens is 550 g/mol. The van der Waals surface area contributed by atoms with Crippen LogP contribution >= 0.6 is 11.6 Å². The standard InChI is InChI=1S/C30H34ClN3O5S/c31-26-11-13-27(14-12-26)40(37,38)33-29(35)16-10-23-9-15-28-25(19-23)21-34(20-24-7-3-1-4-8-24)22-30(36)32-17-5-2-6-18-39-28/h1,3-4,7-9,11-15,19H,2,5-6,10,16-18,20-22H2,(H,32,36)(H,33,35). The van der Waals surface area contributed by atoms with Crippen molar-refractivity contribution >= 4 is 33.4 Å². The van der Waals surface area contributed by atoms with Gasteiger partial charge in [0.1, 0.15) is 5.75 Å². The van der Waals surface area contributed by atoms with Crippen LogP contribution in [0.25, 0.3) is 0 Å². The molecule has 4 rings (SSSR count). The molecule has 0 bridgehead atoms. The first-order chi connectivity index (χ1) is 19.3. The topological polar surface area (TPSA) is 105 Å². The number of rotatable bonds is 7. The highest BCUT2D eigenvalue weighted by molar-refractivity contribution is 7.90. The molecule has 1 aliphatic heterocycles. The maximum atomic E-state index is 12.7. The SMILES string of the molecule is O=C1CN(Cc2ccccc2)Cc2cc(CCC(=O)NS(=O)(=O)c3ccc(Cl)cc3)ccc2OCCCCCN1. The molecule has 0 spiro atoms. The Hall–Kier alpha value is -3.40. The molecule has 3 aromatic rings. The Kier molecular flexibility index (Phi) is 10.6. The number of nitrogens with zero attached hydrogens (tertiary/aromatic N) is 1. The molecule has 0 fully saturated rings. The number of amides is 2. The van der Waals surface area contributed by atoms with Crippen LogP contribution in [-0.4, -0.2) is 44.8 Å². The quantitative estimate of drug-likeness (QED) is 0.426. The maximum absolute atomic E-state index is 12.7. The van der Waals surface area contributed by atoms with Crippen LogP contribution in [0.2, 0.25) is 5.02 Å². The van der Waals surface area contributed by atoms with E-state index >= 15 is 0 Å². The zero-order chi connectivity index (χ0) is 28.4. The Labute approximate surface area is 240 Å². The molecule has 0 aliphatic carbocycles. The normalized spacial score (nSPS) is 15.4. The highest BCUT2D eigenvalue weighted by atomic mass is 35.5. The van der Waals surface area contributed by atoms with E-state index in [0.717, 1.165) is 41.7 Å². The molecule has 1 aliphatic rings. The molecule has 3 aromatic carbocycles. The number of carbonyl (C=O) groups is 2. The molecule has 2 amide bonds. The maximum Gasteiger partial charge on any atom is 0.264 e. The molecular formula is C30H34ClN3O5S. The lowest BCUT2D eigenvalue weighted by Crippen LogP contribution is -2.37. The van der Waals surface area contributed by atoms with Crippen LogP contribution in [0.15, 0.2) is 77.7 Å². The Morgan fingerprint density at radius 1 is 0.950 bits per heavy atom. The zero-order valence-corrected chi connectivity index (χ0v) is 23.8. The van der Waals surface area contributed by atoms with Gasteiger partial charge in [-0.1, -0.05) is 54.1 Å². The fourth-order valence-electron chi connectivity index (χ4n) is 4.51. The Morgan fingerprint density at radius 2 is 1.73 bits per heavy atom. The third-order valence-electron chi connectivity index (χ3n) is 6.55. The second kappa shape index (κ2) is 14.3. The minimum absolute atomic E-state index is 0.0113. The van der Waals surface area contributed by atoms with Gasteiger partial charge in [0.05, 0.1) is 18.0 Å². The van der Waals surface area contributed by atoms with Crippen LogP contribution in [0.1, 0.15) is 42.4 Å². The lowest BCUT2D eigenvalue weighted by Gasteiger charge is -2.24. The number of benzene rings is 3. The Bertz CT molecular complexity index is 1400. The number of hydrogen-bond acceptors (Lipinski definition) is 6. The summed E-state index contributed by atoms with van der Waals surface area (Å²) < 4.78 is 33.4. The van der Waals surface area contributed by atoms with Gasteiger partial charge in [-0.25, -0.2) is 13.1 Å². The van der Waals surface area contributed by atoms with Crippen molar-refractivity contribution in [2.24, 2.45) is 0 Å². The average Bonchev–Trinajstić information content (AvgIpc) is 2.93. The summed E-state index contributed by atoms with van der Waals surface area (Å²) >= 11 is 5.84. The van der Waals surface area contributed by atoms with Gasteiger partial charge in [0.25, 0.3) is 10.0 Å². The van der Waals surface area contributed by atoms with Crippen LogP contribution in [0.4, 0.5) is 0 Å². The van der Waals surface area contributed by atoms with E-state index in [0.29, 0.717) is 37.7 Å². The summed E-state index contributed by atoms with van der Waals surface area (Å²) in [6, 6.07) is 21.4. The fourth-order valence-corrected chi connectivity index (χ4v) is 5.65.